The zero-order valence-electron chi connectivity index (χ0n) is 13.2. The SMILES string of the molecule is Cc1ccccc1Cn1cnc2sc3c(c2c1=O)C(C(=O)O)CC3. The average molecular weight is 340 g/mol. The van der Waals surface area contributed by atoms with Gasteiger partial charge in [-0.3, -0.25) is 14.2 Å². The predicted molar refractivity (Wildman–Crippen MR) is 92.9 cm³/mol. The third kappa shape index (κ3) is 2.26. The summed E-state index contributed by atoms with van der Waals surface area (Å²) in [6.07, 6.45) is 2.85. The third-order valence-electron chi connectivity index (χ3n) is 4.70. The van der Waals surface area contributed by atoms with Gasteiger partial charge in [0, 0.05) is 4.88 Å². The number of fused-ring (bicyclic) bond motifs is 3. The van der Waals surface area contributed by atoms with Crippen molar-refractivity contribution in [2.75, 3.05) is 0 Å². The first-order chi connectivity index (χ1) is 11.6. The summed E-state index contributed by atoms with van der Waals surface area (Å²) in [5, 5.41) is 9.94. The molecule has 0 aliphatic heterocycles. The number of hydrogen-bond acceptors (Lipinski definition) is 4. The Balaban J connectivity index is 1.87. The molecular formula is C18H16N2O3S. The van der Waals surface area contributed by atoms with Crippen LogP contribution in [0.25, 0.3) is 10.2 Å². The van der Waals surface area contributed by atoms with Gasteiger partial charge in [-0.25, -0.2) is 4.98 Å². The number of carboxylic acids is 1. The molecule has 0 spiro atoms. The first kappa shape index (κ1) is 15.1. The minimum atomic E-state index is -0.859. The van der Waals surface area contributed by atoms with Crippen molar-refractivity contribution in [1.29, 1.82) is 0 Å². The molecule has 0 amide bonds. The zero-order chi connectivity index (χ0) is 16.8. The first-order valence-corrected chi connectivity index (χ1v) is 8.66. The van der Waals surface area contributed by atoms with Crippen LogP contribution in [0.5, 0.6) is 0 Å². The van der Waals surface area contributed by atoms with Crippen LogP contribution in [0.3, 0.4) is 0 Å². The highest BCUT2D eigenvalue weighted by Gasteiger charge is 2.34. The smallest absolute Gasteiger partial charge is 0.311 e. The molecule has 5 nitrogen and oxygen atoms in total. The van der Waals surface area contributed by atoms with Gasteiger partial charge < -0.3 is 5.11 Å². The average Bonchev–Trinajstić information content (AvgIpc) is 3.10. The number of aliphatic carboxylic acids is 1. The second kappa shape index (κ2) is 5.56. The molecule has 1 N–H and O–H groups in total. The van der Waals surface area contributed by atoms with Crippen LogP contribution in [0.2, 0.25) is 0 Å². The van der Waals surface area contributed by atoms with Crippen LogP contribution in [-0.2, 0) is 17.8 Å². The van der Waals surface area contributed by atoms with E-state index >= 15 is 0 Å². The Bertz CT molecular complexity index is 1020. The van der Waals surface area contributed by atoms with Gasteiger partial charge in [0.25, 0.3) is 5.56 Å². The van der Waals surface area contributed by atoms with Crippen molar-refractivity contribution < 1.29 is 9.90 Å². The molecule has 122 valence electrons. The summed E-state index contributed by atoms with van der Waals surface area (Å²) in [5.41, 5.74) is 2.72. The molecule has 3 aromatic rings. The van der Waals surface area contributed by atoms with Gasteiger partial charge >= 0.3 is 5.97 Å². The van der Waals surface area contributed by atoms with Crippen LogP contribution in [-0.4, -0.2) is 20.6 Å². The molecule has 0 saturated heterocycles. The molecule has 1 aromatic carbocycles. The quantitative estimate of drug-likeness (QED) is 0.796. The first-order valence-electron chi connectivity index (χ1n) is 7.84. The molecule has 24 heavy (non-hydrogen) atoms. The highest BCUT2D eigenvalue weighted by atomic mass is 32.1. The van der Waals surface area contributed by atoms with Crippen LogP contribution >= 0.6 is 11.3 Å². The number of carboxylic acid groups (broad SMARTS) is 1. The van der Waals surface area contributed by atoms with Crippen LogP contribution in [0, 0.1) is 6.92 Å². The topological polar surface area (TPSA) is 72.2 Å². The minimum absolute atomic E-state index is 0.145. The van der Waals surface area contributed by atoms with Crippen LogP contribution in [0.4, 0.5) is 0 Å². The van der Waals surface area contributed by atoms with Crippen molar-refractivity contribution in [2.24, 2.45) is 0 Å². The number of benzene rings is 1. The van der Waals surface area contributed by atoms with Gasteiger partial charge in [-0.05, 0) is 36.5 Å². The van der Waals surface area contributed by atoms with Crippen LogP contribution < -0.4 is 5.56 Å². The Labute approximate surface area is 142 Å². The van der Waals surface area contributed by atoms with Crippen molar-refractivity contribution in [2.45, 2.75) is 32.2 Å². The number of aromatic nitrogens is 2. The van der Waals surface area contributed by atoms with Crippen molar-refractivity contribution in [3.63, 3.8) is 0 Å². The fourth-order valence-corrected chi connectivity index (χ4v) is 4.60. The van der Waals surface area contributed by atoms with Crippen LogP contribution in [0.1, 0.15) is 33.9 Å². The van der Waals surface area contributed by atoms with Gasteiger partial charge in [0.1, 0.15) is 4.83 Å². The Morgan fingerprint density at radius 1 is 1.42 bits per heavy atom. The summed E-state index contributed by atoms with van der Waals surface area (Å²) in [6.45, 7) is 2.45. The van der Waals surface area contributed by atoms with E-state index in [1.54, 1.807) is 10.9 Å². The molecule has 1 aliphatic rings. The molecule has 2 heterocycles. The van der Waals surface area contributed by atoms with E-state index in [0.717, 1.165) is 16.0 Å². The molecule has 2 aromatic heterocycles. The van der Waals surface area contributed by atoms with E-state index in [0.29, 0.717) is 35.2 Å². The van der Waals surface area contributed by atoms with Gasteiger partial charge in [0.05, 0.1) is 24.2 Å². The molecular weight excluding hydrogens is 324 g/mol. The highest BCUT2D eigenvalue weighted by molar-refractivity contribution is 7.18. The van der Waals surface area contributed by atoms with E-state index < -0.39 is 11.9 Å². The van der Waals surface area contributed by atoms with Crippen LogP contribution in [0.15, 0.2) is 35.4 Å². The monoisotopic (exact) mass is 340 g/mol. The normalized spacial score (nSPS) is 16.5. The summed E-state index contributed by atoms with van der Waals surface area (Å²) >= 11 is 1.45. The number of rotatable bonds is 3. The third-order valence-corrected chi connectivity index (χ3v) is 5.87. The lowest BCUT2D eigenvalue weighted by atomic mass is 10.0. The largest absolute Gasteiger partial charge is 0.481 e. The molecule has 1 unspecified atom stereocenters. The second-order valence-electron chi connectivity index (χ2n) is 6.15. The number of nitrogens with zero attached hydrogens (tertiary/aromatic N) is 2. The van der Waals surface area contributed by atoms with Gasteiger partial charge in [0.2, 0.25) is 0 Å². The summed E-state index contributed by atoms with van der Waals surface area (Å²) in [5.74, 6) is -1.44. The second-order valence-corrected chi connectivity index (χ2v) is 7.24. The van der Waals surface area contributed by atoms with E-state index in [4.69, 9.17) is 0 Å². The van der Waals surface area contributed by atoms with Crippen molar-refractivity contribution in [3.8, 4) is 0 Å². The summed E-state index contributed by atoms with van der Waals surface area (Å²) < 4.78 is 1.58. The molecule has 0 saturated carbocycles. The predicted octanol–water partition coefficient (Wildman–Crippen LogP) is 2.93. The number of hydrogen-bond donors (Lipinski definition) is 1. The van der Waals surface area contributed by atoms with Gasteiger partial charge in [-0.15, -0.1) is 11.3 Å². The van der Waals surface area contributed by atoms with E-state index in [9.17, 15) is 14.7 Å². The maximum absolute atomic E-state index is 13.0. The lowest BCUT2D eigenvalue weighted by Gasteiger charge is -2.09. The maximum Gasteiger partial charge on any atom is 0.311 e. The molecule has 1 aliphatic carbocycles. The van der Waals surface area contributed by atoms with E-state index in [-0.39, 0.29) is 5.56 Å². The molecule has 1 atom stereocenters. The summed E-state index contributed by atoms with van der Waals surface area (Å²) in [7, 11) is 0. The molecule has 4 rings (SSSR count). The van der Waals surface area contributed by atoms with E-state index in [1.165, 1.54) is 11.3 Å². The molecule has 6 heteroatoms. The Morgan fingerprint density at radius 3 is 2.96 bits per heavy atom. The van der Waals surface area contributed by atoms with Gasteiger partial charge in [-0.2, -0.15) is 0 Å². The fraction of sp³-hybridized carbons (Fsp3) is 0.278. The van der Waals surface area contributed by atoms with E-state index in [1.807, 2.05) is 31.2 Å². The van der Waals surface area contributed by atoms with E-state index in [2.05, 4.69) is 4.98 Å². The standard InChI is InChI=1S/C18H16N2O3S/c1-10-4-2-3-5-11(10)8-20-9-19-16-15(17(20)21)14-12(18(22)23)6-7-13(14)24-16/h2-5,9,12H,6-8H2,1H3,(H,22,23). The number of thiophene rings is 1. The Hall–Kier alpha value is -2.47. The molecule has 0 radical (unpaired) electrons. The lowest BCUT2D eigenvalue weighted by molar-refractivity contribution is -0.138. The Kier molecular flexibility index (Phi) is 3.49. The van der Waals surface area contributed by atoms with Gasteiger partial charge in [-0.1, -0.05) is 24.3 Å². The van der Waals surface area contributed by atoms with Crippen molar-refractivity contribution >= 4 is 27.5 Å². The van der Waals surface area contributed by atoms with Gasteiger partial charge in [0.15, 0.2) is 0 Å². The number of aryl methyl sites for hydroxylation is 2. The Morgan fingerprint density at radius 2 is 2.21 bits per heavy atom. The minimum Gasteiger partial charge on any atom is -0.481 e. The summed E-state index contributed by atoms with van der Waals surface area (Å²) in [4.78, 5) is 30.5. The lowest BCUT2D eigenvalue weighted by Crippen LogP contribution is -2.22. The molecule has 0 fully saturated rings. The molecule has 0 bridgehead atoms. The fourth-order valence-electron chi connectivity index (χ4n) is 3.40. The maximum atomic E-state index is 13.0. The summed E-state index contributed by atoms with van der Waals surface area (Å²) in [6, 6.07) is 7.91. The zero-order valence-corrected chi connectivity index (χ0v) is 14.0. The van der Waals surface area contributed by atoms with Crippen molar-refractivity contribution in [1.82, 2.24) is 9.55 Å². The highest BCUT2D eigenvalue weighted by Crippen LogP contribution is 2.42. The van der Waals surface area contributed by atoms with Crippen molar-refractivity contribution in [3.05, 3.63) is 62.5 Å². The number of carbonyl (C=O) groups is 1.